The van der Waals surface area contributed by atoms with Crippen molar-refractivity contribution in [3.63, 3.8) is 0 Å². The molecule has 0 aliphatic heterocycles. The van der Waals surface area contributed by atoms with Gasteiger partial charge < -0.3 is 0 Å². The standard InChI is InChI=1S/C34H19N3S2/c1-2-10-20(11-3-1)32-31-23-14-6-9-17-27(23)39-33(31)36-34(35-32)37-24-15-7-4-12-21(24)29-25(37)18-19-28-30(29)22-13-5-8-16-26(22)38-28/h1-19H. The van der Waals surface area contributed by atoms with E-state index in [1.807, 2.05) is 11.3 Å². The van der Waals surface area contributed by atoms with Crippen LogP contribution in [-0.2, 0) is 0 Å². The lowest BCUT2D eigenvalue weighted by molar-refractivity contribution is 1.02. The van der Waals surface area contributed by atoms with Gasteiger partial charge in [-0.15, -0.1) is 22.7 Å². The van der Waals surface area contributed by atoms with Crippen molar-refractivity contribution < 1.29 is 0 Å². The molecule has 0 bridgehead atoms. The van der Waals surface area contributed by atoms with Crippen molar-refractivity contribution in [1.82, 2.24) is 14.5 Å². The first-order chi connectivity index (χ1) is 19.3. The summed E-state index contributed by atoms with van der Waals surface area (Å²) in [5.74, 6) is 0.706. The van der Waals surface area contributed by atoms with Crippen LogP contribution in [0, 0.1) is 0 Å². The number of rotatable bonds is 2. The fraction of sp³-hybridized carbons (Fsp3) is 0. The Balaban J connectivity index is 1.46. The van der Waals surface area contributed by atoms with Crippen LogP contribution < -0.4 is 0 Å². The maximum atomic E-state index is 5.33. The van der Waals surface area contributed by atoms with Crippen LogP contribution in [0.5, 0.6) is 0 Å². The molecule has 0 spiro atoms. The van der Waals surface area contributed by atoms with E-state index in [-0.39, 0.29) is 0 Å². The minimum atomic E-state index is 0.706. The summed E-state index contributed by atoms with van der Waals surface area (Å²) in [6.45, 7) is 0. The predicted molar refractivity (Wildman–Crippen MR) is 168 cm³/mol. The normalized spacial score (nSPS) is 12.1. The molecule has 3 nitrogen and oxygen atoms in total. The third kappa shape index (κ3) is 2.97. The van der Waals surface area contributed by atoms with E-state index in [0.717, 1.165) is 32.5 Å². The first kappa shape index (κ1) is 21.4. The molecule has 0 saturated heterocycles. The molecular formula is C34H19N3S2. The average molecular weight is 534 g/mol. The minimum Gasteiger partial charge on any atom is -0.278 e. The van der Waals surface area contributed by atoms with Gasteiger partial charge in [-0.25, -0.2) is 9.97 Å². The van der Waals surface area contributed by atoms with Gasteiger partial charge in [-0.05, 0) is 30.3 Å². The van der Waals surface area contributed by atoms with Crippen molar-refractivity contribution in [2.75, 3.05) is 0 Å². The number of para-hydroxylation sites is 1. The smallest absolute Gasteiger partial charge is 0.236 e. The second-order valence-corrected chi connectivity index (χ2v) is 11.9. The van der Waals surface area contributed by atoms with Crippen LogP contribution in [0.15, 0.2) is 115 Å². The molecule has 0 saturated carbocycles. The molecule has 9 rings (SSSR count). The molecule has 0 radical (unpaired) electrons. The average Bonchev–Trinajstić information content (AvgIpc) is 3.66. The Morgan fingerprint density at radius 1 is 0.462 bits per heavy atom. The molecule has 4 aromatic heterocycles. The topological polar surface area (TPSA) is 30.7 Å². The molecule has 9 aromatic rings. The fourth-order valence-corrected chi connectivity index (χ4v) is 8.19. The molecular weight excluding hydrogens is 515 g/mol. The van der Waals surface area contributed by atoms with E-state index in [1.54, 1.807) is 11.3 Å². The van der Waals surface area contributed by atoms with Crippen LogP contribution in [0.25, 0.3) is 79.5 Å². The fourth-order valence-electron chi connectivity index (χ4n) is 6.01. The zero-order chi connectivity index (χ0) is 25.5. The van der Waals surface area contributed by atoms with Gasteiger partial charge >= 0.3 is 0 Å². The molecule has 5 aromatic carbocycles. The first-order valence-corrected chi connectivity index (χ1v) is 14.6. The SMILES string of the molecule is c1ccc(-c2nc(-n3c4ccccc4c4c5c(ccc43)sc3ccccc35)nc3sc4ccccc4c23)cc1. The Kier molecular flexibility index (Phi) is 4.36. The van der Waals surface area contributed by atoms with Gasteiger partial charge in [0.1, 0.15) is 4.83 Å². The Morgan fingerprint density at radius 2 is 1.13 bits per heavy atom. The molecule has 5 heteroatoms. The minimum absolute atomic E-state index is 0.706. The zero-order valence-corrected chi connectivity index (χ0v) is 22.3. The monoisotopic (exact) mass is 533 g/mol. The van der Waals surface area contributed by atoms with Crippen LogP contribution in [0.4, 0.5) is 0 Å². The Bertz CT molecular complexity index is 2390. The number of aromatic nitrogens is 3. The second kappa shape index (κ2) is 7.96. The molecule has 0 aliphatic carbocycles. The number of benzene rings is 5. The number of thiophene rings is 2. The Morgan fingerprint density at radius 3 is 1.95 bits per heavy atom. The van der Waals surface area contributed by atoms with Crippen LogP contribution in [0.3, 0.4) is 0 Å². The van der Waals surface area contributed by atoms with Gasteiger partial charge in [0.25, 0.3) is 0 Å². The summed E-state index contributed by atoms with van der Waals surface area (Å²) < 4.78 is 6.10. The summed E-state index contributed by atoms with van der Waals surface area (Å²) in [5.41, 5.74) is 4.32. The third-order valence-corrected chi connectivity index (χ3v) is 9.85. The molecule has 0 N–H and O–H groups in total. The first-order valence-electron chi connectivity index (χ1n) is 12.9. The van der Waals surface area contributed by atoms with Crippen molar-refractivity contribution in [3.8, 4) is 17.2 Å². The van der Waals surface area contributed by atoms with Crippen LogP contribution in [0.2, 0.25) is 0 Å². The van der Waals surface area contributed by atoms with Gasteiger partial charge in [0.15, 0.2) is 0 Å². The van der Waals surface area contributed by atoms with E-state index < -0.39 is 0 Å². The summed E-state index contributed by atoms with van der Waals surface area (Å²) in [4.78, 5) is 11.6. The lowest BCUT2D eigenvalue weighted by atomic mass is 10.1. The van der Waals surface area contributed by atoms with E-state index >= 15 is 0 Å². The molecule has 0 atom stereocenters. The van der Waals surface area contributed by atoms with Gasteiger partial charge in [0.05, 0.1) is 16.7 Å². The largest absolute Gasteiger partial charge is 0.278 e. The highest BCUT2D eigenvalue weighted by Gasteiger charge is 2.21. The summed E-state index contributed by atoms with van der Waals surface area (Å²) >= 11 is 3.59. The van der Waals surface area contributed by atoms with Gasteiger partial charge in [-0.3, -0.25) is 4.57 Å². The van der Waals surface area contributed by atoms with Crippen LogP contribution >= 0.6 is 22.7 Å². The molecule has 4 heterocycles. The van der Waals surface area contributed by atoms with E-state index in [9.17, 15) is 0 Å². The van der Waals surface area contributed by atoms with E-state index in [0.29, 0.717) is 5.95 Å². The third-order valence-electron chi connectivity index (χ3n) is 7.65. The van der Waals surface area contributed by atoms with Crippen molar-refractivity contribution in [1.29, 1.82) is 0 Å². The number of hydrogen-bond donors (Lipinski definition) is 0. The maximum absolute atomic E-state index is 5.33. The molecule has 0 unspecified atom stereocenters. The lowest BCUT2D eigenvalue weighted by Gasteiger charge is -2.10. The summed E-state index contributed by atoms with van der Waals surface area (Å²) in [7, 11) is 0. The van der Waals surface area contributed by atoms with E-state index in [4.69, 9.17) is 9.97 Å². The number of hydrogen-bond acceptors (Lipinski definition) is 4. The number of nitrogens with zero attached hydrogens (tertiary/aromatic N) is 3. The Labute approximate surface area is 231 Å². The molecule has 182 valence electrons. The van der Waals surface area contributed by atoms with Crippen molar-refractivity contribution in [3.05, 3.63) is 115 Å². The molecule has 0 fully saturated rings. The Hall–Kier alpha value is -4.58. The molecule has 0 aliphatic rings. The highest BCUT2D eigenvalue weighted by molar-refractivity contribution is 7.26. The zero-order valence-electron chi connectivity index (χ0n) is 20.6. The summed E-state index contributed by atoms with van der Waals surface area (Å²) in [6, 6.07) is 40.9. The van der Waals surface area contributed by atoms with Crippen molar-refractivity contribution in [2.45, 2.75) is 0 Å². The lowest BCUT2D eigenvalue weighted by Crippen LogP contribution is -2.02. The van der Waals surface area contributed by atoms with Crippen LogP contribution in [0.1, 0.15) is 0 Å². The van der Waals surface area contributed by atoms with Gasteiger partial charge in [0, 0.05) is 52.0 Å². The van der Waals surface area contributed by atoms with E-state index in [2.05, 4.69) is 120 Å². The van der Waals surface area contributed by atoms with Gasteiger partial charge in [-0.1, -0.05) is 84.9 Å². The summed E-state index contributed by atoms with van der Waals surface area (Å²) in [5, 5.41) is 7.44. The predicted octanol–water partition coefficient (Wildman–Crippen LogP) is 9.98. The van der Waals surface area contributed by atoms with Crippen LogP contribution in [-0.4, -0.2) is 14.5 Å². The molecule has 0 amide bonds. The maximum Gasteiger partial charge on any atom is 0.236 e. The van der Waals surface area contributed by atoms with Gasteiger partial charge in [-0.2, -0.15) is 0 Å². The highest BCUT2D eigenvalue weighted by atomic mass is 32.1. The summed E-state index contributed by atoms with van der Waals surface area (Å²) in [6.07, 6.45) is 0. The second-order valence-electron chi connectivity index (χ2n) is 9.80. The quantitative estimate of drug-likeness (QED) is 0.221. The van der Waals surface area contributed by atoms with Gasteiger partial charge in [0.2, 0.25) is 5.95 Å². The van der Waals surface area contributed by atoms with Crippen molar-refractivity contribution in [2.24, 2.45) is 0 Å². The number of fused-ring (bicyclic) bond motifs is 10. The van der Waals surface area contributed by atoms with E-state index in [1.165, 1.54) is 41.0 Å². The highest BCUT2D eigenvalue weighted by Crippen LogP contribution is 2.44. The molecule has 39 heavy (non-hydrogen) atoms. The van der Waals surface area contributed by atoms with Crippen molar-refractivity contribution >= 4 is 85.0 Å².